The minimum Gasteiger partial charge on any atom is -0.474 e. The van der Waals surface area contributed by atoms with Crippen LogP contribution < -0.4 is 5.38 Å². The van der Waals surface area contributed by atoms with Gasteiger partial charge in [0, 0.05) is 0 Å². The molecule has 1 aromatic rings. The summed E-state index contributed by atoms with van der Waals surface area (Å²) < 4.78 is 29.9. The van der Waals surface area contributed by atoms with E-state index < -0.39 is 15.7 Å². The molecule has 6 heteroatoms. The smallest absolute Gasteiger partial charge is 0.330 e. The lowest BCUT2D eigenvalue weighted by molar-refractivity contribution is 0.220. The largest absolute Gasteiger partial charge is 0.474 e. The number of unbranched alkanes of at least 4 members (excludes halogenated alkanes) is 9. The number of hydrogen-bond donors (Lipinski definition) is 0. The molecule has 0 bridgehead atoms. The van der Waals surface area contributed by atoms with Gasteiger partial charge >= 0.3 is 7.60 Å². The Labute approximate surface area is 193 Å². The highest BCUT2D eigenvalue weighted by molar-refractivity contribution is 7.53. The maximum Gasteiger partial charge on any atom is 0.330 e. The van der Waals surface area contributed by atoms with Gasteiger partial charge in [-0.05, 0) is 44.2 Å². The van der Waals surface area contributed by atoms with Crippen molar-refractivity contribution in [3.05, 3.63) is 17.4 Å². The maximum absolute atomic E-state index is 12.9. The Balaban J connectivity index is 2.58. The molecular formula is C25H49O4PSi. The van der Waals surface area contributed by atoms with E-state index >= 15 is 0 Å². The highest BCUT2D eigenvalue weighted by atomic mass is 31.2. The van der Waals surface area contributed by atoms with Crippen molar-refractivity contribution >= 4 is 21.1 Å². The summed E-state index contributed by atoms with van der Waals surface area (Å²) in [6.07, 6.45) is 17.5. The van der Waals surface area contributed by atoms with Crippen LogP contribution in [0.4, 0.5) is 0 Å². The second kappa shape index (κ2) is 15.5. The molecule has 0 saturated carbocycles. The molecule has 4 nitrogen and oxygen atoms in total. The molecule has 0 unspecified atom stereocenters. The fourth-order valence-corrected chi connectivity index (χ4v) is 7.38. The van der Waals surface area contributed by atoms with Crippen LogP contribution in [0.1, 0.15) is 96.1 Å². The molecule has 182 valence electrons. The van der Waals surface area contributed by atoms with E-state index in [4.69, 9.17) is 13.5 Å². The van der Waals surface area contributed by atoms with Crippen molar-refractivity contribution in [3.63, 3.8) is 0 Å². The zero-order valence-electron chi connectivity index (χ0n) is 21.3. The second-order valence-corrected chi connectivity index (χ2v) is 16.8. The van der Waals surface area contributed by atoms with Crippen molar-refractivity contribution in [1.29, 1.82) is 0 Å². The highest BCUT2D eigenvalue weighted by Crippen LogP contribution is 2.48. The molecule has 1 rings (SSSR count). The van der Waals surface area contributed by atoms with Gasteiger partial charge in [-0.1, -0.05) is 84.4 Å². The molecule has 0 saturated heterocycles. The molecule has 31 heavy (non-hydrogen) atoms. The number of rotatable bonds is 19. The van der Waals surface area contributed by atoms with Crippen molar-refractivity contribution in [2.45, 2.75) is 117 Å². The summed E-state index contributed by atoms with van der Waals surface area (Å²) in [5.74, 6) is 0. The van der Waals surface area contributed by atoms with Gasteiger partial charge in [0.1, 0.15) is 8.07 Å². The fourth-order valence-electron chi connectivity index (χ4n) is 4.14. The molecule has 0 fully saturated rings. The molecule has 0 aliphatic heterocycles. The van der Waals surface area contributed by atoms with Gasteiger partial charge in [-0.3, -0.25) is 4.57 Å². The van der Waals surface area contributed by atoms with Gasteiger partial charge in [0.2, 0.25) is 0 Å². The van der Waals surface area contributed by atoms with E-state index in [-0.39, 0.29) is 0 Å². The summed E-state index contributed by atoms with van der Waals surface area (Å²) in [7, 11) is -4.58. The number of aryl methyl sites for hydroxylation is 1. The molecule has 0 aromatic carbocycles. The third-order valence-corrected chi connectivity index (χ3v) is 9.61. The van der Waals surface area contributed by atoms with Crippen LogP contribution in [-0.4, -0.2) is 27.4 Å². The van der Waals surface area contributed by atoms with E-state index in [2.05, 4.69) is 26.6 Å². The van der Waals surface area contributed by atoms with Crippen LogP contribution in [0, 0.1) is 0 Å². The van der Waals surface area contributed by atoms with Crippen molar-refractivity contribution in [3.8, 4) is 0 Å². The Morgan fingerprint density at radius 1 is 0.806 bits per heavy atom. The Morgan fingerprint density at radius 3 is 1.81 bits per heavy atom. The molecule has 0 spiro atoms. The first-order valence-electron chi connectivity index (χ1n) is 12.7. The van der Waals surface area contributed by atoms with Crippen LogP contribution in [0.2, 0.25) is 19.6 Å². The molecule has 1 aromatic heterocycles. The van der Waals surface area contributed by atoms with Crippen molar-refractivity contribution in [1.82, 2.24) is 0 Å². The predicted octanol–water partition coefficient (Wildman–Crippen LogP) is 8.10. The lowest BCUT2D eigenvalue weighted by Crippen LogP contribution is -2.39. The van der Waals surface area contributed by atoms with Crippen LogP contribution in [0.15, 0.2) is 10.7 Å². The average Bonchev–Trinajstić information content (AvgIpc) is 3.11. The lowest BCUT2D eigenvalue weighted by Gasteiger charge is -2.18. The van der Waals surface area contributed by atoms with Crippen LogP contribution in [0.5, 0.6) is 0 Å². The topological polar surface area (TPSA) is 48.7 Å². The summed E-state index contributed by atoms with van der Waals surface area (Å²) in [5, 5.41) is 1.21. The van der Waals surface area contributed by atoms with Crippen LogP contribution in [-0.2, 0) is 26.5 Å². The van der Waals surface area contributed by atoms with Gasteiger partial charge in [-0.2, -0.15) is 0 Å². The Morgan fingerprint density at radius 2 is 1.32 bits per heavy atom. The zero-order chi connectivity index (χ0) is 23.2. The maximum atomic E-state index is 12.9. The van der Waals surface area contributed by atoms with E-state index in [0.717, 1.165) is 6.42 Å². The summed E-state index contributed by atoms with van der Waals surface area (Å²) in [6.45, 7) is 13.8. The summed E-state index contributed by atoms with van der Waals surface area (Å²) >= 11 is 0. The van der Waals surface area contributed by atoms with Gasteiger partial charge in [-0.25, -0.2) is 0 Å². The van der Waals surface area contributed by atoms with Crippen molar-refractivity contribution in [2.24, 2.45) is 0 Å². The van der Waals surface area contributed by atoms with Gasteiger partial charge in [-0.15, -0.1) is 0 Å². The normalized spacial score (nSPS) is 12.6. The third kappa shape index (κ3) is 11.4. The molecule has 0 aliphatic carbocycles. The molecule has 0 amide bonds. The van der Waals surface area contributed by atoms with Crippen molar-refractivity contribution in [2.75, 3.05) is 19.4 Å². The van der Waals surface area contributed by atoms with Crippen LogP contribution in [0.3, 0.4) is 0 Å². The molecule has 0 aliphatic rings. The third-order valence-electron chi connectivity index (χ3n) is 5.75. The van der Waals surface area contributed by atoms with E-state index in [1.807, 2.05) is 20.1 Å². The van der Waals surface area contributed by atoms with E-state index in [9.17, 15) is 4.57 Å². The van der Waals surface area contributed by atoms with Gasteiger partial charge < -0.3 is 13.5 Å². The minimum atomic E-state index is -3.02. The monoisotopic (exact) mass is 472 g/mol. The van der Waals surface area contributed by atoms with Crippen LogP contribution >= 0.6 is 7.60 Å². The molecule has 1 heterocycles. The molecular weight excluding hydrogens is 423 g/mol. The predicted molar refractivity (Wildman–Crippen MR) is 137 cm³/mol. The molecule has 0 radical (unpaired) electrons. The molecule has 0 atom stereocenters. The highest BCUT2D eigenvalue weighted by Gasteiger charge is 2.29. The van der Waals surface area contributed by atoms with Crippen molar-refractivity contribution < 1.29 is 18.0 Å². The number of furan rings is 1. The van der Waals surface area contributed by atoms with Crippen LogP contribution in [0.25, 0.3) is 0 Å². The standard InChI is InChI=1S/C25H49O4PSi/c1-7-10-11-12-13-14-15-16-17-18-19-24-23(22-27-25(24)31(4,5)6)20-21-30(26,28-8-2)29-9-3/h22H,7-21H2,1-6H3. The van der Waals surface area contributed by atoms with E-state index in [1.54, 1.807) is 0 Å². The average molecular weight is 473 g/mol. The quantitative estimate of drug-likeness (QED) is 0.116. The first-order valence-corrected chi connectivity index (χ1v) is 18.0. The minimum absolute atomic E-state index is 0.411. The number of hydrogen-bond acceptors (Lipinski definition) is 4. The zero-order valence-corrected chi connectivity index (χ0v) is 23.2. The van der Waals surface area contributed by atoms with Gasteiger partial charge in [0.25, 0.3) is 0 Å². The summed E-state index contributed by atoms with van der Waals surface area (Å²) in [4.78, 5) is 0. The first kappa shape index (κ1) is 28.7. The summed E-state index contributed by atoms with van der Waals surface area (Å²) in [5.41, 5.74) is 2.58. The van der Waals surface area contributed by atoms with Gasteiger partial charge in [0.05, 0.1) is 31.0 Å². The summed E-state index contributed by atoms with van der Waals surface area (Å²) in [6, 6.07) is 0. The Bertz CT molecular complexity index is 626. The Hall–Kier alpha value is -0.353. The second-order valence-electron chi connectivity index (χ2n) is 9.67. The lowest BCUT2D eigenvalue weighted by atomic mass is 10.0. The first-order chi connectivity index (χ1) is 14.8. The fraction of sp³-hybridized carbons (Fsp3) is 0.840. The van der Waals surface area contributed by atoms with E-state index in [0.29, 0.717) is 25.8 Å². The van der Waals surface area contributed by atoms with E-state index in [1.165, 1.54) is 80.7 Å². The SMILES string of the molecule is CCCCCCCCCCCCc1c(CCP(=O)(OCC)OCC)coc1[Si](C)(C)C. The Kier molecular flexibility index (Phi) is 14.3. The van der Waals surface area contributed by atoms with Gasteiger partial charge in [0.15, 0.2) is 0 Å². The molecule has 0 N–H and O–H groups in total.